The molecular weight excluding hydrogens is 292 g/mol. The van der Waals surface area contributed by atoms with Crippen LogP contribution in [0.5, 0.6) is 0 Å². The number of carboxylic acid groups (broad SMARTS) is 1. The molecule has 4 heteroatoms. The molecule has 0 spiro atoms. The maximum atomic E-state index is 10.8. The van der Waals surface area contributed by atoms with Crippen LogP contribution in [0.25, 0.3) is 0 Å². The summed E-state index contributed by atoms with van der Waals surface area (Å²) < 4.78 is 0. The van der Waals surface area contributed by atoms with E-state index in [0.717, 1.165) is 12.8 Å². The summed E-state index contributed by atoms with van der Waals surface area (Å²) in [6.45, 7) is 1.54. The molecule has 0 aliphatic heterocycles. The molecule has 0 radical (unpaired) electrons. The summed E-state index contributed by atoms with van der Waals surface area (Å²) >= 11 is 0. The molecule has 0 saturated carbocycles. The van der Waals surface area contributed by atoms with Gasteiger partial charge in [-0.25, -0.2) is 4.79 Å². The minimum absolute atomic E-state index is 0.136. The van der Waals surface area contributed by atoms with E-state index in [1.807, 2.05) is 0 Å². The lowest BCUT2D eigenvalue weighted by molar-refractivity contribution is -0.163. The molecule has 0 aliphatic rings. The Morgan fingerprint density at radius 1 is 0.739 bits per heavy atom. The van der Waals surface area contributed by atoms with Crippen molar-refractivity contribution in [2.75, 3.05) is 6.61 Å². The number of aliphatic hydroxyl groups is 2. The summed E-state index contributed by atoms with van der Waals surface area (Å²) in [6, 6.07) is 0. The Labute approximate surface area is 142 Å². The second kappa shape index (κ2) is 14.9. The van der Waals surface area contributed by atoms with Crippen LogP contribution in [0.1, 0.15) is 103 Å². The van der Waals surface area contributed by atoms with E-state index < -0.39 is 18.2 Å². The summed E-state index contributed by atoms with van der Waals surface area (Å²) in [5.41, 5.74) is -1.95. The van der Waals surface area contributed by atoms with Crippen molar-refractivity contribution in [2.24, 2.45) is 0 Å². The molecule has 0 fully saturated rings. The van der Waals surface area contributed by atoms with Gasteiger partial charge in [0.25, 0.3) is 0 Å². The summed E-state index contributed by atoms with van der Waals surface area (Å²) in [6.07, 6.45) is 17.4. The maximum absolute atomic E-state index is 10.8. The van der Waals surface area contributed by atoms with E-state index in [1.54, 1.807) is 0 Å². The maximum Gasteiger partial charge on any atom is 0.338 e. The second-order valence-electron chi connectivity index (χ2n) is 6.84. The van der Waals surface area contributed by atoms with Crippen LogP contribution in [-0.4, -0.2) is 33.5 Å². The van der Waals surface area contributed by atoms with Crippen LogP contribution >= 0.6 is 0 Å². The molecule has 1 unspecified atom stereocenters. The monoisotopic (exact) mass is 330 g/mol. The summed E-state index contributed by atoms with van der Waals surface area (Å²) in [5.74, 6) is -1.32. The molecular formula is C19H38O4. The lowest BCUT2D eigenvalue weighted by Crippen LogP contribution is -2.42. The highest BCUT2D eigenvalue weighted by molar-refractivity contribution is 5.77. The van der Waals surface area contributed by atoms with Crippen molar-refractivity contribution in [2.45, 2.75) is 109 Å². The fourth-order valence-electron chi connectivity index (χ4n) is 2.87. The fourth-order valence-corrected chi connectivity index (χ4v) is 2.87. The molecule has 0 aromatic carbocycles. The largest absolute Gasteiger partial charge is 0.479 e. The lowest BCUT2D eigenvalue weighted by atomic mass is 9.96. The molecule has 23 heavy (non-hydrogen) atoms. The third kappa shape index (κ3) is 12.5. The van der Waals surface area contributed by atoms with Gasteiger partial charge >= 0.3 is 5.97 Å². The Hall–Kier alpha value is -0.610. The molecule has 0 amide bonds. The van der Waals surface area contributed by atoms with Crippen LogP contribution in [0.3, 0.4) is 0 Å². The molecule has 0 heterocycles. The second-order valence-corrected chi connectivity index (χ2v) is 6.84. The van der Waals surface area contributed by atoms with E-state index in [-0.39, 0.29) is 6.42 Å². The zero-order valence-corrected chi connectivity index (χ0v) is 15.1. The van der Waals surface area contributed by atoms with Crippen LogP contribution in [0.15, 0.2) is 0 Å². The van der Waals surface area contributed by atoms with E-state index in [4.69, 9.17) is 10.2 Å². The van der Waals surface area contributed by atoms with E-state index in [0.29, 0.717) is 6.42 Å². The van der Waals surface area contributed by atoms with Gasteiger partial charge in [0.1, 0.15) is 0 Å². The third-order valence-corrected chi connectivity index (χ3v) is 4.60. The highest BCUT2D eigenvalue weighted by Crippen LogP contribution is 2.17. The molecule has 0 rings (SSSR count). The van der Waals surface area contributed by atoms with Crippen LogP contribution in [0.4, 0.5) is 0 Å². The van der Waals surface area contributed by atoms with E-state index in [1.165, 1.54) is 70.6 Å². The standard InChI is InChI=1S/C19H38O4/c1-2-3-4-5-6-7-8-9-10-11-12-13-14-15-16-19(23,17-20)18(21)22/h20,23H,2-17H2,1H3,(H,21,22). The van der Waals surface area contributed by atoms with Gasteiger partial charge in [0.05, 0.1) is 6.61 Å². The average molecular weight is 331 g/mol. The quantitative estimate of drug-likeness (QED) is 0.339. The first kappa shape index (κ1) is 22.4. The number of rotatable bonds is 17. The average Bonchev–Trinajstić information content (AvgIpc) is 2.54. The van der Waals surface area contributed by atoms with Gasteiger partial charge in [0.15, 0.2) is 5.60 Å². The Balaban J connectivity index is 3.26. The van der Waals surface area contributed by atoms with Crippen molar-refractivity contribution in [3.63, 3.8) is 0 Å². The SMILES string of the molecule is CCCCCCCCCCCCCCCCC(O)(CO)C(=O)O. The minimum Gasteiger partial charge on any atom is -0.479 e. The van der Waals surface area contributed by atoms with Crippen LogP contribution < -0.4 is 0 Å². The predicted octanol–water partition coefficient (Wildman–Crippen LogP) is 4.67. The number of hydrogen-bond donors (Lipinski definition) is 3. The van der Waals surface area contributed by atoms with Crippen molar-refractivity contribution in [1.29, 1.82) is 0 Å². The van der Waals surface area contributed by atoms with Gasteiger partial charge in [-0.3, -0.25) is 0 Å². The molecule has 0 aromatic heterocycles. The van der Waals surface area contributed by atoms with Gasteiger partial charge in [-0.05, 0) is 12.8 Å². The van der Waals surface area contributed by atoms with E-state index >= 15 is 0 Å². The Morgan fingerprint density at radius 3 is 1.39 bits per heavy atom. The molecule has 0 aromatic rings. The zero-order valence-electron chi connectivity index (χ0n) is 15.1. The summed E-state index contributed by atoms with van der Waals surface area (Å²) in [5, 5.41) is 27.4. The Kier molecular flexibility index (Phi) is 14.6. The molecule has 0 bridgehead atoms. The normalized spacial score (nSPS) is 13.9. The summed E-state index contributed by atoms with van der Waals surface area (Å²) in [7, 11) is 0. The van der Waals surface area contributed by atoms with Crippen LogP contribution in [-0.2, 0) is 4.79 Å². The van der Waals surface area contributed by atoms with E-state index in [2.05, 4.69) is 6.92 Å². The van der Waals surface area contributed by atoms with Crippen LogP contribution in [0.2, 0.25) is 0 Å². The molecule has 3 N–H and O–H groups in total. The van der Waals surface area contributed by atoms with Crippen LogP contribution in [0, 0.1) is 0 Å². The minimum atomic E-state index is -1.95. The lowest BCUT2D eigenvalue weighted by Gasteiger charge is -2.20. The topological polar surface area (TPSA) is 77.8 Å². The number of carbonyl (C=O) groups is 1. The number of unbranched alkanes of at least 4 members (excludes halogenated alkanes) is 13. The number of aliphatic carboxylic acids is 1. The molecule has 0 saturated heterocycles. The first-order chi connectivity index (χ1) is 11.1. The molecule has 138 valence electrons. The Morgan fingerprint density at radius 2 is 1.09 bits per heavy atom. The fraction of sp³-hybridized carbons (Fsp3) is 0.947. The highest BCUT2D eigenvalue weighted by Gasteiger charge is 2.34. The molecule has 1 atom stereocenters. The highest BCUT2D eigenvalue weighted by atomic mass is 16.4. The van der Waals surface area contributed by atoms with Crippen molar-refractivity contribution < 1.29 is 20.1 Å². The Bertz CT molecular complexity index is 281. The van der Waals surface area contributed by atoms with Gasteiger partial charge in [-0.15, -0.1) is 0 Å². The smallest absolute Gasteiger partial charge is 0.338 e. The van der Waals surface area contributed by atoms with Crippen molar-refractivity contribution in [3.8, 4) is 0 Å². The van der Waals surface area contributed by atoms with Gasteiger partial charge in [-0.1, -0.05) is 90.4 Å². The predicted molar refractivity (Wildman–Crippen MR) is 94.6 cm³/mol. The van der Waals surface area contributed by atoms with Gasteiger partial charge in [0, 0.05) is 0 Å². The first-order valence-electron chi connectivity index (χ1n) is 9.63. The molecule has 0 aliphatic carbocycles. The van der Waals surface area contributed by atoms with Gasteiger partial charge in [-0.2, -0.15) is 0 Å². The third-order valence-electron chi connectivity index (χ3n) is 4.60. The number of carboxylic acids is 1. The number of hydrogen-bond acceptors (Lipinski definition) is 3. The first-order valence-corrected chi connectivity index (χ1v) is 9.63. The van der Waals surface area contributed by atoms with Crippen molar-refractivity contribution in [3.05, 3.63) is 0 Å². The van der Waals surface area contributed by atoms with Crippen molar-refractivity contribution in [1.82, 2.24) is 0 Å². The van der Waals surface area contributed by atoms with Crippen molar-refractivity contribution >= 4 is 5.97 Å². The van der Waals surface area contributed by atoms with Gasteiger partial charge < -0.3 is 15.3 Å². The zero-order chi connectivity index (χ0) is 17.4. The van der Waals surface area contributed by atoms with E-state index in [9.17, 15) is 9.90 Å². The number of aliphatic hydroxyl groups excluding tert-OH is 1. The molecule has 4 nitrogen and oxygen atoms in total. The summed E-state index contributed by atoms with van der Waals surface area (Å²) in [4.78, 5) is 10.8. The van der Waals surface area contributed by atoms with Gasteiger partial charge in [0.2, 0.25) is 0 Å².